The fourth-order valence-electron chi connectivity index (χ4n) is 1.95. The quantitative estimate of drug-likeness (QED) is 0.581. The second-order valence-corrected chi connectivity index (χ2v) is 4.78. The van der Waals surface area contributed by atoms with Gasteiger partial charge in [-0.15, -0.1) is 0 Å². The third-order valence-electron chi connectivity index (χ3n) is 3.07. The van der Waals surface area contributed by atoms with Gasteiger partial charge in [-0.1, -0.05) is 38.7 Å². The van der Waals surface area contributed by atoms with Gasteiger partial charge in [-0.3, -0.25) is 4.79 Å². The second kappa shape index (κ2) is 9.13. The van der Waals surface area contributed by atoms with E-state index < -0.39 is 5.97 Å². The Labute approximate surface area is 120 Å². The molecule has 1 N–H and O–H groups in total. The van der Waals surface area contributed by atoms with Gasteiger partial charge in [0.2, 0.25) is 5.91 Å². The zero-order chi connectivity index (χ0) is 14.8. The minimum absolute atomic E-state index is 0.0106. The molecule has 1 rings (SSSR count). The van der Waals surface area contributed by atoms with Crippen molar-refractivity contribution in [3.63, 3.8) is 0 Å². The summed E-state index contributed by atoms with van der Waals surface area (Å²) in [5.74, 6) is -0.413. The average Bonchev–Trinajstić information content (AvgIpc) is 2.46. The van der Waals surface area contributed by atoms with Crippen LogP contribution in [0.15, 0.2) is 24.3 Å². The number of hydrogen-bond acceptors (Lipinski definition) is 3. The molecular formula is C16H23NO3. The topological polar surface area (TPSA) is 55.4 Å². The lowest BCUT2D eigenvalue weighted by molar-refractivity contribution is -0.116. The molecule has 1 aromatic rings. The molecule has 0 heterocycles. The number of methoxy groups -OCH3 is 1. The number of benzene rings is 1. The molecular weight excluding hydrogens is 254 g/mol. The number of unbranched alkanes of at least 4 members (excludes halogenated alkanes) is 4. The third-order valence-corrected chi connectivity index (χ3v) is 3.07. The molecule has 0 aliphatic heterocycles. The summed E-state index contributed by atoms with van der Waals surface area (Å²) in [7, 11) is 1.34. The first-order chi connectivity index (χ1) is 9.67. The van der Waals surface area contributed by atoms with Crippen LogP contribution >= 0.6 is 0 Å². The Bertz CT molecular complexity index is 443. The SMILES string of the molecule is CCCCCCCC(=O)Nc1cccc(C(=O)OC)c1. The monoisotopic (exact) mass is 277 g/mol. The molecule has 0 aliphatic carbocycles. The van der Waals surface area contributed by atoms with Gasteiger partial charge in [-0.2, -0.15) is 0 Å². The number of ether oxygens (including phenoxy) is 1. The number of esters is 1. The lowest BCUT2D eigenvalue weighted by Crippen LogP contribution is -2.11. The molecule has 0 radical (unpaired) electrons. The van der Waals surface area contributed by atoms with Gasteiger partial charge in [0.15, 0.2) is 0 Å². The van der Waals surface area contributed by atoms with Gasteiger partial charge in [-0.25, -0.2) is 4.79 Å². The molecule has 4 nitrogen and oxygen atoms in total. The number of rotatable bonds is 8. The van der Waals surface area contributed by atoms with Crippen molar-refractivity contribution in [1.29, 1.82) is 0 Å². The zero-order valence-corrected chi connectivity index (χ0v) is 12.3. The van der Waals surface area contributed by atoms with Crippen LogP contribution in [0, 0.1) is 0 Å². The molecule has 4 heteroatoms. The van der Waals surface area contributed by atoms with Crippen molar-refractivity contribution in [3.8, 4) is 0 Å². The smallest absolute Gasteiger partial charge is 0.337 e. The van der Waals surface area contributed by atoms with Gasteiger partial charge in [-0.05, 0) is 24.6 Å². The highest BCUT2D eigenvalue weighted by Crippen LogP contribution is 2.13. The Balaban J connectivity index is 2.40. The fourth-order valence-corrected chi connectivity index (χ4v) is 1.95. The molecule has 0 unspecified atom stereocenters. The summed E-state index contributed by atoms with van der Waals surface area (Å²) >= 11 is 0. The van der Waals surface area contributed by atoms with Gasteiger partial charge < -0.3 is 10.1 Å². The molecule has 110 valence electrons. The summed E-state index contributed by atoms with van der Waals surface area (Å²) < 4.78 is 4.65. The van der Waals surface area contributed by atoms with E-state index in [0.29, 0.717) is 17.7 Å². The molecule has 1 amide bonds. The lowest BCUT2D eigenvalue weighted by Gasteiger charge is -2.06. The van der Waals surface area contributed by atoms with E-state index >= 15 is 0 Å². The summed E-state index contributed by atoms with van der Waals surface area (Å²) in [6, 6.07) is 6.78. The summed E-state index contributed by atoms with van der Waals surface area (Å²) in [4.78, 5) is 23.2. The van der Waals surface area contributed by atoms with Crippen LogP contribution in [0.5, 0.6) is 0 Å². The van der Waals surface area contributed by atoms with Crippen molar-refractivity contribution in [2.75, 3.05) is 12.4 Å². The Morgan fingerprint density at radius 1 is 1.15 bits per heavy atom. The largest absolute Gasteiger partial charge is 0.465 e. The Morgan fingerprint density at radius 3 is 2.60 bits per heavy atom. The van der Waals surface area contributed by atoms with Crippen molar-refractivity contribution < 1.29 is 14.3 Å². The van der Waals surface area contributed by atoms with Gasteiger partial charge in [0.1, 0.15) is 0 Å². The lowest BCUT2D eigenvalue weighted by atomic mass is 10.1. The highest BCUT2D eigenvalue weighted by molar-refractivity contribution is 5.94. The van der Waals surface area contributed by atoms with E-state index in [-0.39, 0.29) is 5.91 Å². The van der Waals surface area contributed by atoms with Crippen LogP contribution in [0.3, 0.4) is 0 Å². The highest BCUT2D eigenvalue weighted by Gasteiger charge is 2.07. The van der Waals surface area contributed by atoms with Crippen LogP contribution in [0.25, 0.3) is 0 Å². The Hall–Kier alpha value is -1.84. The van der Waals surface area contributed by atoms with Crippen LogP contribution in [0.4, 0.5) is 5.69 Å². The van der Waals surface area contributed by atoms with E-state index in [0.717, 1.165) is 12.8 Å². The van der Waals surface area contributed by atoms with Crippen molar-refractivity contribution in [2.45, 2.75) is 45.4 Å². The Morgan fingerprint density at radius 2 is 1.90 bits per heavy atom. The van der Waals surface area contributed by atoms with E-state index in [1.165, 1.54) is 26.4 Å². The van der Waals surface area contributed by atoms with Crippen LogP contribution in [-0.4, -0.2) is 19.0 Å². The summed E-state index contributed by atoms with van der Waals surface area (Å²) in [6.07, 6.45) is 6.12. The molecule has 0 atom stereocenters. The molecule has 20 heavy (non-hydrogen) atoms. The van der Waals surface area contributed by atoms with Crippen LogP contribution in [0.1, 0.15) is 55.8 Å². The molecule has 0 fully saturated rings. The maximum absolute atomic E-state index is 11.8. The number of amides is 1. The number of carbonyl (C=O) groups is 2. The number of nitrogens with one attached hydrogen (secondary N) is 1. The van der Waals surface area contributed by atoms with E-state index in [9.17, 15) is 9.59 Å². The molecule has 0 aromatic heterocycles. The number of anilines is 1. The molecule has 0 bridgehead atoms. The highest BCUT2D eigenvalue weighted by atomic mass is 16.5. The summed E-state index contributed by atoms with van der Waals surface area (Å²) in [5, 5.41) is 2.81. The van der Waals surface area contributed by atoms with Gasteiger partial charge >= 0.3 is 5.97 Å². The molecule has 0 aliphatic rings. The Kier molecular flexibility index (Phi) is 7.40. The fraction of sp³-hybridized carbons (Fsp3) is 0.500. The second-order valence-electron chi connectivity index (χ2n) is 4.78. The maximum Gasteiger partial charge on any atom is 0.337 e. The van der Waals surface area contributed by atoms with Gasteiger partial charge in [0.25, 0.3) is 0 Å². The predicted octanol–water partition coefficient (Wildman–Crippen LogP) is 3.77. The summed E-state index contributed by atoms with van der Waals surface area (Å²) in [5.41, 5.74) is 1.07. The third kappa shape index (κ3) is 5.87. The minimum atomic E-state index is -0.402. The first-order valence-electron chi connectivity index (χ1n) is 7.15. The van der Waals surface area contributed by atoms with Crippen LogP contribution < -0.4 is 5.32 Å². The average molecular weight is 277 g/mol. The number of hydrogen-bond donors (Lipinski definition) is 1. The predicted molar refractivity (Wildman–Crippen MR) is 79.8 cm³/mol. The molecule has 1 aromatic carbocycles. The molecule has 0 spiro atoms. The van der Waals surface area contributed by atoms with Crippen molar-refractivity contribution in [3.05, 3.63) is 29.8 Å². The van der Waals surface area contributed by atoms with Crippen molar-refractivity contribution in [2.24, 2.45) is 0 Å². The minimum Gasteiger partial charge on any atom is -0.465 e. The first-order valence-corrected chi connectivity index (χ1v) is 7.15. The van der Waals surface area contributed by atoms with Crippen molar-refractivity contribution >= 4 is 17.6 Å². The molecule has 0 saturated heterocycles. The number of carbonyl (C=O) groups excluding carboxylic acids is 2. The summed E-state index contributed by atoms with van der Waals surface area (Å²) in [6.45, 7) is 2.17. The zero-order valence-electron chi connectivity index (χ0n) is 12.3. The van der Waals surface area contributed by atoms with E-state index in [2.05, 4.69) is 17.0 Å². The van der Waals surface area contributed by atoms with E-state index in [4.69, 9.17) is 0 Å². The normalized spacial score (nSPS) is 10.1. The maximum atomic E-state index is 11.8. The first kappa shape index (κ1) is 16.2. The van der Waals surface area contributed by atoms with Gasteiger partial charge in [0, 0.05) is 12.1 Å². The van der Waals surface area contributed by atoms with Crippen LogP contribution in [0.2, 0.25) is 0 Å². The standard InChI is InChI=1S/C16H23NO3/c1-3-4-5-6-7-11-15(18)17-14-10-8-9-13(12-14)16(19)20-2/h8-10,12H,3-7,11H2,1-2H3,(H,17,18). The van der Waals surface area contributed by atoms with Crippen molar-refractivity contribution in [1.82, 2.24) is 0 Å². The van der Waals surface area contributed by atoms with Crippen LogP contribution in [-0.2, 0) is 9.53 Å². The molecule has 0 saturated carbocycles. The van der Waals surface area contributed by atoms with E-state index in [1.54, 1.807) is 24.3 Å². The van der Waals surface area contributed by atoms with Gasteiger partial charge in [0.05, 0.1) is 12.7 Å². The van der Waals surface area contributed by atoms with E-state index in [1.807, 2.05) is 0 Å².